The van der Waals surface area contributed by atoms with Gasteiger partial charge in [-0.25, -0.2) is 0 Å². The maximum atomic E-state index is 9.61. The minimum atomic E-state index is -0.123. The Hall–Kier alpha value is -1.39. The Morgan fingerprint density at radius 1 is 1.15 bits per heavy atom. The molecule has 0 aliphatic rings. The molecule has 0 unspecified atom stereocenters. The summed E-state index contributed by atoms with van der Waals surface area (Å²) in [5, 5.41) is 23.3. The molecule has 0 aliphatic carbocycles. The summed E-state index contributed by atoms with van der Waals surface area (Å²) in [7, 11) is 0. The Labute approximate surface area is 124 Å². The van der Waals surface area contributed by atoms with Gasteiger partial charge in [0.1, 0.15) is 0 Å². The van der Waals surface area contributed by atoms with Gasteiger partial charge in [-0.15, -0.1) is 10.2 Å². The molecule has 4 nitrogen and oxygen atoms in total. The monoisotopic (exact) mass is 293 g/mol. The van der Waals surface area contributed by atoms with Gasteiger partial charge < -0.3 is 10.4 Å². The van der Waals surface area contributed by atoms with Gasteiger partial charge in [0.2, 0.25) is 0 Å². The van der Waals surface area contributed by atoms with E-state index in [1.165, 1.54) is 0 Å². The molecule has 0 radical (unpaired) electrons. The van der Waals surface area contributed by atoms with Crippen molar-refractivity contribution in [3.63, 3.8) is 0 Å². The molecular formula is C15H20ClN3O. The number of benzene rings is 1. The van der Waals surface area contributed by atoms with Crippen LogP contribution in [0.2, 0.25) is 5.15 Å². The number of rotatable bonds is 6. The van der Waals surface area contributed by atoms with Crippen LogP contribution in [0.3, 0.4) is 0 Å². The molecule has 2 rings (SSSR count). The van der Waals surface area contributed by atoms with Crippen molar-refractivity contribution in [3.8, 4) is 0 Å². The zero-order chi connectivity index (χ0) is 14.6. The van der Waals surface area contributed by atoms with E-state index in [9.17, 15) is 5.11 Å². The molecule has 0 aliphatic heterocycles. The SMILES string of the molecule is CCC(CC)(CO)CNc1nnc(Cl)c2ccccc12. The second-order valence-corrected chi connectivity index (χ2v) is 5.46. The Morgan fingerprint density at radius 2 is 1.80 bits per heavy atom. The van der Waals surface area contributed by atoms with E-state index in [2.05, 4.69) is 29.4 Å². The number of nitrogens with zero attached hydrogens (tertiary/aromatic N) is 2. The number of aliphatic hydroxyl groups is 1. The van der Waals surface area contributed by atoms with Crippen molar-refractivity contribution in [1.82, 2.24) is 10.2 Å². The standard InChI is InChI=1S/C15H20ClN3O/c1-3-15(4-2,10-20)9-17-14-12-8-6-5-7-11(12)13(16)18-19-14/h5-8,20H,3-4,9-10H2,1-2H3,(H,17,19). The van der Waals surface area contributed by atoms with Crippen LogP contribution in [0, 0.1) is 5.41 Å². The number of hydrogen-bond donors (Lipinski definition) is 2. The van der Waals surface area contributed by atoms with Crippen molar-refractivity contribution < 1.29 is 5.11 Å². The van der Waals surface area contributed by atoms with Crippen LogP contribution < -0.4 is 5.32 Å². The summed E-state index contributed by atoms with van der Waals surface area (Å²) < 4.78 is 0. The molecule has 20 heavy (non-hydrogen) atoms. The molecule has 1 aromatic carbocycles. The van der Waals surface area contributed by atoms with Gasteiger partial charge in [0.15, 0.2) is 11.0 Å². The maximum Gasteiger partial charge on any atom is 0.159 e. The Kier molecular flexibility index (Phi) is 4.78. The van der Waals surface area contributed by atoms with Gasteiger partial charge in [-0.2, -0.15) is 0 Å². The van der Waals surface area contributed by atoms with Crippen LogP contribution in [0.5, 0.6) is 0 Å². The molecule has 0 saturated carbocycles. The van der Waals surface area contributed by atoms with Gasteiger partial charge in [0.05, 0.1) is 6.61 Å². The topological polar surface area (TPSA) is 58.0 Å². The van der Waals surface area contributed by atoms with Crippen LogP contribution in [0.25, 0.3) is 10.8 Å². The van der Waals surface area contributed by atoms with E-state index in [4.69, 9.17) is 11.6 Å². The van der Waals surface area contributed by atoms with Gasteiger partial charge >= 0.3 is 0 Å². The molecule has 0 spiro atoms. The second-order valence-electron chi connectivity index (χ2n) is 5.10. The minimum Gasteiger partial charge on any atom is -0.396 e. The van der Waals surface area contributed by atoms with E-state index in [0.717, 1.165) is 23.6 Å². The van der Waals surface area contributed by atoms with E-state index in [0.29, 0.717) is 17.5 Å². The van der Waals surface area contributed by atoms with Crippen LogP contribution in [0.15, 0.2) is 24.3 Å². The van der Waals surface area contributed by atoms with Crippen LogP contribution >= 0.6 is 11.6 Å². The highest BCUT2D eigenvalue weighted by Gasteiger charge is 2.25. The van der Waals surface area contributed by atoms with E-state index in [-0.39, 0.29) is 12.0 Å². The summed E-state index contributed by atoms with van der Waals surface area (Å²) in [6.07, 6.45) is 1.82. The zero-order valence-corrected chi connectivity index (χ0v) is 12.6. The summed E-state index contributed by atoms with van der Waals surface area (Å²) in [6, 6.07) is 7.77. The number of fused-ring (bicyclic) bond motifs is 1. The maximum absolute atomic E-state index is 9.61. The first-order chi connectivity index (χ1) is 9.65. The first-order valence-electron chi connectivity index (χ1n) is 6.91. The molecule has 0 atom stereocenters. The molecule has 0 bridgehead atoms. The number of anilines is 1. The van der Waals surface area contributed by atoms with Crippen molar-refractivity contribution in [2.45, 2.75) is 26.7 Å². The minimum absolute atomic E-state index is 0.123. The number of aliphatic hydroxyl groups excluding tert-OH is 1. The summed E-state index contributed by atoms with van der Waals surface area (Å²) in [5.74, 6) is 0.713. The lowest BCUT2D eigenvalue weighted by atomic mass is 9.83. The molecule has 0 saturated heterocycles. The molecular weight excluding hydrogens is 274 g/mol. The normalized spacial score (nSPS) is 11.8. The van der Waals surface area contributed by atoms with Crippen LogP contribution in [0.1, 0.15) is 26.7 Å². The van der Waals surface area contributed by atoms with E-state index >= 15 is 0 Å². The largest absolute Gasteiger partial charge is 0.396 e. The van der Waals surface area contributed by atoms with Crippen LogP contribution in [-0.2, 0) is 0 Å². The smallest absolute Gasteiger partial charge is 0.159 e. The predicted molar refractivity (Wildman–Crippen MR) is 83.1 cm³/mol. The molecule has 2 aromatic rings. The zero-order valence-electron chi connectivity index (χ0n) is 11.9. The molecule has 108 valence electrons. The highest BCUT2D eigenvalue weighted by Crippen LogP contribution is 2.29. The Bertz CT molecular complexity index is 576. The van der Waals surface area contributed by atoms with E-state index in [1.807, 2.05) is 24.3 Å². The fraction of sp³-hybridized carbons (Fsp3) is 0.467. The van der Waals surface area contributed by atoms with E-state index in [1.54, 1.807) is 0 Å². The van der Waals surface area contributed by atoms with Crippen molar-refractivity contribution >= 4 is 28.2 Å². The molecule has 5 heteroatoms. The third kappa shape index (κ3) is 2.86. The number of nitrogens with one attached hydrogen (secondary N) is 1. The molecule has 1 aromatic heterocycles. The first-order valence-corrected chi connectivity index (χ1v) is 7.29. The van der Waals surface area contributed by atoms with Crippen LogP contribution in [0.4, 0.5) is 5.82 Å². The average molecular weight is 294 g/mol. The molecule has 2 N–H and O–H groups in total. The lowest BCUT2D eigenvalue weighted by Gasteiger charge is -2.29. The Balaban J connectivity index is 2.29. The number of aromatic nitrogens is 2. The highest BCUT2D eigenvalue weighted by atomic mass is 35.5. The van der Waals surface area contributed by atoms with E-state index < -0.39 is 0 Å². The van der Waals surface area contributed by atoms with Crippen molar-refractivity contribution in [3.05, 3.63) is 29.4 Å². The van der Waals surface area contributed by atoms with Gasteiger partial charge in [-0.05, 0) is 12.8 Å². The van der Waals surface area contributed by atoms with Crippen molar-refractivity contribution in [2.24, 2.45) is 5.41 Å². The third-order valence-corrected chi connectivity index (χ3v) is 4.39. The summed E-state index contributed by atoms with van der Waals surface area (Å²) in [6.45, 7) is 5.00. The second kappa shape index (κ2) is 6.37. The molecule has 0 fully saturated rings. The number of halogens is 1. The van der Waals surface area contributed by atoms with Crippen molar-refractivity contribution in [2.75, 3.05) is 18.5 Å². The van der Waals surface area contributed by atoms with Gasteiger partial charge in [0.25, 0.3) is 0 Å². The lowest BCUT2D eigenvalue weighted by Crippen LogP contribution is -2.32. The quantitative estimate of drug-likeness (QED) is 0.856. The Morgan fingerprint density at radius 3 is 2.40 bits per heavy atom. The van der Waals surface area contributed by atoms with Gasteiger partial charge in [-0.1, -0.05) is 49.7 Å². The third-order valence-electron chi connectivity index (χ3n) is 4.11. The highest BCUT2D eigenvalue weighted by molar-refractivity contribution is 6.34. The lowest BCUT2D eigenvalue weighted by molar-refractivity contribution is 0.127. The van der Waals surface area contributed by atoms with Crippen LogP contribution in [-0.4, -0.2) is 28.5 Å². The molecule has 0 amide bonds. The average Bonchev–Trinajstić information content (AvgIpc) is 2.51. The van der Waals surface area contributed by atoms with Crippen molar-refractivity contribution in [1.29, 1.82) is 0 Å². The summed E-state index contributed by atoms with van der Waals surface area (Å²) >= 11 is 6.06. The summed E-state index contributed by atoms with van der Waals surface area (Å²) in [4.78, 5) is 0. The number of hydrogen-bond acceptors (Lipinski definition) is 4. The molecule has 1 heterocycles. The summed E-state index contributed by atoms with van der Waals surface area (Å²) in [5.41, 5.74) is -0.123. The fourth-order valence-corrected chi connectivity index (χ4v) is 2.46. The van der Waals surface area contributed by atoms with Gasteiger partial charge in [-0.3, -0.25) is 0 Å². The van der Waals surface area contributed by atoms with Gasteiger partial charge in [0, 0.05) is 22.7 Å². The fourth-order valence-electron chi connectivity index (χ4n) is 2.25. The first kappa shape index (κ1) is 15.0. The predicted octanol–water partition coefficient (Wildman–Crippen LogP) is 3.49.